The van der Waals surface area contributed by atoms with Crippen LogP contribution < -0.4 is 5.32 Å². The van der Waals surface area contributed by atoms with E-state index in [1.807, 2.05) is 36.4 Å². The molecule has 27 heavy (non-hydrogen) atoms. The summed E-state index contributed by atoms with van der Waals surface area (Å²) >= 11 is 13.0. The molecule has 0 radical (unpaired) electrons. The van der Waals surface area contributed by atoms with Crippen molar-refractivity contribution in [3.05, 3.63) is 74.6 Å². The topological polar surface area (TPSA) is 37.2 Å². The zero-order valence-corrected chi connectivity index (χ0v) is 18.2. The van der Waals surface area contributed by atoms with Crippen LogP contribution in [0.4, 0.5) is 5.69 Å². The van der Waals surface area contributed by atoms with E-state index in [0.29, 0.717) is 18.1 Å². The van der Waals surface area contributed by atoms with E-state index in [0.717, 1.165) is 25.7 Å². The van der Waals surface area contributed by atoms with E-state index in [1.54, 1.807) is 0 Å². The molecule has 1 heterocycles. The van der Waals surface area contributed by atoms with Gasteiger partial charge >= 0.3 is 0 Å². The zero-order valence-electron chi connectivity index (χ0n) is 14.3. The van der Waals surface area contributed by atoms with E-state index in [9.17, 15) is 5.11 Å². The molecule has 1 aromatic heterocycles. The molecule has 0 fully saturated rings. The van der Waals surface area contributed by atoms with Crippen molar-refractivity contribution < 1.29 is 5.11 Å². The SMILES string of the molecule is O[C@H](CNc1ccc(Cl)cc1)Cn1c2ccc(Br)cc2c2cc(Br)ccc21. The minimum Gasteiger partial charge on any atom is -0.389 e. The van der Waals surface area contributed by atoms with Crippen LogP contribution in [0.25, 0.3) is 21.8 Å². The molecule has 6 heteroatoms. The summed E-state index contributed by atoms with van der Waals surface area (Å²) in [6.45, 7) is 0.958. The molecule has 3 nitrogen and oxygen atoms in total. The van der Waals surface area contributed by atoms with Crippen LogP contribution in [0.3, 0.4) is 0 Å². The molecule has 0 saturated heterocycles. The first kappa shape index (κ1) is 18.8. The number of halogens is 3. The molecule has 3 aromatic carbocycles. The maximum absolute atomic E-state index is 10.6. The Kier molecular flexibility index (Phi) is 5.46. The lowest BCUT2D eigenvalue weighted by Gasteiger charge is -2.15. The molecule has 0 aliphatic rings. The minimum absolute atomic E-state index is 0.454. The standard InChI is InChI=1S/C21H17Br2ClN2O/c22-13-1-7-20-18(9-13)19-10-14(23)2-8-21(19)26(20)12-17(27)11-25-16-5-3-15(24)4-6-16/h1-10,17,25,27H,11-12H2/t17-/m1/s1. The van der Waals surface area contributed by atoms with Crippen LogP contribution in [-0.2, 0) is 6.54 Å². The second kappa shape index (κ2) is 7.84. The Bertz CT molecular complexity index is 1050. The van der Waals surface area contributed by atoms with Gasteiger partial charge in [0.05, 0.1) is 12.6 Å². The van der Waals surface area contributed by atoms with Gasteiger partial charge in [0, 0.05) is 48.0 Å². The predicted octanol–water partition coefficient (Wildman–Crippen LogP) is 6.45. The Morgan fingerprint density at radius 2 is 1.44 bits per heavy atom. The van der Waals surface area contributed by atoms with Gasteiger partial charge in [-0.15, -0.1) is 0 Å². The third-order valence-electron chi connectivity index (χ3n) is 4.57. The number of hydrogen-bond acceptors (Lipinski definition) is 2. The molecule has 0 amide bonds. The molecule has 0 spiro atoms. The highest BCUT2D eigenvalue weighted by atomic mass is 79.9. The Hall–Kier alpha value is -1.53. The molecule has 4 aromatic rings. The van der Waals surface area contributed by atoms with Gasteiger partial charge in [-0.3, -0.25) is 0 Å². The number of hydrogen-bond donors (Lipinski definition) is 2. The summed E-state index contributed by atoms with van der Waals surface area (Å²) in [7, 11) is 0. The number of aromatic nitrogens is 1. The summed E-state index contributed by atoms with van der Waals surface area (Å²) < 4.78 is 4.26. The van der Waals surface area contributed by atoms with E-state index in [1.165, 1.54) is 10.8 Å². The van der Waals surface area contributed by atoms with E-state index in [2.05, 4.69) is 66.0 Å². The second-order valence-electron chi connectivity index (χ2n) is 6.48. The summed E-state index contributed by atoms with van der Waals surface area (Å²) in [4.78, 5) is 0. The van der Waals surface area contributed by atoms with Crippen molar-refractivity contribution in [2.75, 3.05) is 11.9 Å². The highest BCUT2D eigenvalue weighted by Crippen LogP contribution is 2.33. The first-order valence-electron chi connectivity index (χ1n) is 8.56. The molecule has 0 aliphatic carbocycles. The third-order valence-corrected chi connectivity index (χ3v) is 5.81. The van der Waals surface area contributed by atoms with Gasteiger partial charge in [-0.25, -0.2) is 0 Å². The van der Waals surface area contributed by atoms with Crippen molar-refractivity contribution in [1.29, 1.82) is 0 Å². The minimum atomic E-state index is -0.535. The molecule has 0 aliphatic heterocycles. The number of anilines is 1. The second-order valence-corrected chi connectivity index (χ2v) is 8.74. The average Bonchev–Trinajstić information content (AvgIpc) is 2.94. The first-order valence-corrected chi connectivity index (χ1v) is 10.5. The number of rotatable bonds is 5. The fourth-order valence-electron chi connectivity index (χ4n) is 3.32. The Labute approximate surface area is 179 Å². The van der Waals surface area contributed by atoms with Crippen molar-refractivity contribution in [3.8, 4) is 0 Å². The number of benzene rings is 3. The molecule has 0 saturated carbocycles. The Morgan fingerprint density at radius 1 is 0.889 bits per heavy atom. The van der Waals surface area contributed by atoms with E-state index in [-0.39, 0.29) is 0 Å². The van der Waals surface area contributed by atoms with Gasteiger partial charge in [-0.1, -0.05) is 43.5 Å². The van der Waals surface area contributed by atoms with Crippen molar-refractivity contribution in [1.82, 2.24) is 4.57 Å². The van der Waals surface area contributed by atoms with Crippen molar-refractivity contribution in [2.45, 2.75) is 12.6 Å². The fraction of sp³-hybridized carbons (Fsp3) is 0.143. The van der Waals surface area contributed by atoms with Crippen LogP contribution in [0.5, 0.6) is 0 Å². The van der Waals surface area contributed by atoms with E-state index in [4.69, 9.17) is 11.6 Å². The summed E-state index contributed by atoms with van der Waals surface area (Å²) in [6, 6.07) is 20.0. The normalized spacial score (nSPS) is 12.6. The molecule has 1 atom stereocenters. The highest BCUT2D eigenvalue weighted by Gasteiger charge is 2.14. The average molecular weight is 509 g/mol. The van der Waals surface area contributed by atoms with Crippen LogP contribution in [0.15, 0.2) is 69.6 Å². The largest absolute Gasteiger partial charge is 0.389 e. The monoisotopic (exact) mass is 506 g/mol. The lowest BCUT2D eigenvalue weighted by molar-refractivity contribution is 0.169. The molecular weight excluding hydrogens is 492 g/mol. The quantitative estimate of drug-likeness (QED) is 0.325. The molecule has 0 bridgehead atoms. The summed E-state index contributed by atoms with van der Waals surface area (Å²) in [5.41, 5.74) is 3.15. The van der Waals surface area contributed by atoms with Crippen molar-refractivity contribution in [2.24, 2.45) is 0 Å². The van der Waals surface area contributed by atoms with Crippen LogP contribution in [-0.4, -0.2) is 22.3 Å². The van der Waals surface area contributed by atoms with Gasteiger partial charge in [0.2, 0.25) is 0 Å². The van der Waals surface area contributed by atoms with Gasteiger partial charge in [-0.05, 0) is 60.7 Å². The molecule has 0 unspecified atom stereocenters. The lowest BCUT2D eigenvalue weighted by Crippen LogP contribution is -2.24. The summed E-state index contributed by atoms with van der Waals surface area (Å²) in [6.07, 6.45) is -0.535. The Morgan fingerprint density at radius 3 is 2.00 bits per heavy atom. The van der Waals surface area contributed by atoms with Crippen molar-refractivity contribution in [3.63, 3.8) is 0 Å². The predicted molar refractivity (Wildman–Crippen MR) is 121 cm³/mol. The molecule has 138 valence electrons. The molecule has 2 N–H and O–H groups in total. The molecule has 4 rings (SSSR count). The van der Waals surface area contributed by atoms with Crippen LogP contribution >= 0.6 is 43.5 Å². The lowest BCUT2D eigenvalue weighted by atomic mass is 10.2. The van der Waals surface area contributed by atoms with Crippen LogP contribution in [0.1, 0.15) is 0 Å². The fourth-order valence-corrected chi connectivity index (χ4v) is 4.17. The summed E-state index contributed by atoms with van der Waals surface area (Å²) in [5.74, 6) is 0. The van der Waals surface area contributed by atoms with E-state index >= 15 is 0 Å². The van der Waals surface area contributed by atoms with Gasteiger partial charge in [-0.2, -0.15) is 0 Å². The van der Waals surface area contributed by atoms with Gasteiger partial charge < -0.3 is 15.0 Å². The summed E-state index contributed by atoms with van der Waals surface area (Å²) in [5, 5.41) is 16.9. The van der Waals surface area contributed by atoms with Crippen LogP contribution in [0, 0.1) is 0 Å². The zero-order chi connectivity index (χ0) is 19.0. The Balaban J connectivity index is 1.63. The van der Waals surface area contributed by atoms with Gasteiger partial charge in [0.25, 0.3) is 0 Å². The third kappa shape index (κ3) is 4.02. The maximum atomic E-state index is 10.6. The number of aliphatic hydroxyl groups excluding tert-OH is 1. The number of fused-ring (bicyclic) bond motifs is 3. The first-order chi connectivity index (χ1) is 13.0. The van der Waals surface area contributed by atoms with Gasteiger partial charge in [0.15, 0.2) is 0 Å². The van der Waals surface area contributed by atoms with Gasteiger partial charge in [0.1, 0.15) is 0 Å². The highest BCUT2D eigenvalue weighted by molar-refractivity contribution is 9.10. The van der Waals surface area contributed by atoms with Crippen molar-refractivity contribution >= 4 is 71.0 Å². The number of nitrogens with zero attached hydrogens (tertiary/aromatic N) is 1. The molecular formula is C21H17Br2ClN2O. The van der Waals surface area contributed by atoms with E-state index < -0.39 is 6.10 Å². The number of nitrogens with one attached hydrogen (secondary N) is 1. The maximum Gasteiger partial charge on any atom is 0.0891 e. The number of aliphatic hydroxyl groups is 1. The smallest absolute Gasteiger partial charge is 0.0891 e. The van der Waals surface area contributed by atoms with Crippen LogP contribution in [0.2, 0.25) is 5.02 Å².